The Bertz CT molecular complexity index is 131. The fourth-order valence-electron chi connectivity index (χ4n) is 0.983. The summed E-state index contributed by atoms with van der Waals surface area (Å²) in [6, 6.07) is -0.954. The van der Waals surface area contributed by atoms with Crippen molar-refractivity contribution in [1.82, 2.24) is 4.67 Å². The zero-order chi connectivity index (χ0) is 7.78. The summed E-state index contributed by atoms with van der Waals surface area (Å²) < 4.78 is 26.9. The highest BCUT2D eigenvalue weighted by Gasteiger charge is 2.41. The predicted octanol–water partition coefficient (Wildman–Crippen LogP) is 0.445. The molecule has 1 fully saturated rings. The van der Waals surface area contributed by atoms with Crippen LogP contribution in [0.5, 0.6) is 0 Å². The molecule has 0 saturated carbocycles. The summed E-state index contributed by atoms with van der Waals surface area (Å²) in [4.78, 5) is 0. The molecule has 0 aromatic carbocycles. The van der Waals surface area contributed by atoms with Gasteiger partial charge in [0.05, 0.1) is 12.6 Å². The summed E-state index contributed by atoms with van der Waals surface area (Å²) in [6.07, 6.45) is 0.372. The highest BCUT2D eigenvalue weighted by molar-refractivity contribution is 7.13. The molecule has 0 aromatic heterocycles. The van der Waals surface area contributed by atoms with Gasteiger partial charge in [0, 0.05) is 6.54 Å². The third-order valence-electron chi connectivity index (χ3n) is 1.68. The Hall–Kier alpha value is 0.210. The summed E-state index contributed by atoms with van der Waals surface area (Å²) in [7, 11) is 2.26. The fourth-order valence-corrected chi connectivity index (χ4v) is 1.38. The quantitative estimate of drug-likeness (QED) is 0.532. The monoisotopic (exact) mass is 168 g/mol. The number of nitrogens with two attached hydrogens (primary N) is 1. The van der Waals surface area contributed by atoms with E-state index >= 15 is 0 Å². The molecule has 0 aliphatic carbocycles. The summed E-state index contributed by atoms with van der Waals surface area (Å²) >= 11 is 0. The summed E-state index contributed by atoms with van der Waals surface area (Å²) in [5.41, 5.74) is 5.19. The van der Waals surface area contributed by atoms with Gasteiger partial charge in [-0.25, -0.2) is 8.78 Å². The number of hydrogen-bond acceptors (Lipinski definition) is 2. The van der Waals surface area contributed by atoms with Crippen molar-refractivity contribution in [2.75, 3.05) is 13.1 Å². The first kappa shape index (κ1) is 8.31. The molecule has 1 aliphatic rings. The second-order valence-electron chi connectivity index (χ2n) is 2.63. The van der Waals surface area contributed by atoms with Crippen LogP contribution in [0.2, 0.25) is 0 Å². The van der Waals surface area contributed by atoms with Gasteiger partial charge in [-0.3, -0.25) is 4.67 Å². The normalized spacial score (nSPS) is 34.2. The van der Waals surface area contributed by atoms with E-state index in [1.54, 1.807) is 0 Å². The molecule has 0 aromatic rings. The molecule has 2 N–H and O–H groups in total. The van der Waals surface area contributed by atoms with Gasteiger partial charge in [0.25, 0.3) is 5.92 Å². The van der Waals surface area contributed by atoms with Crippen molar-refractivity contribution in [1.29, 1.82) is 0 Å². The van der Waals surface area contributed by atoms with Crippen molar-refractivity contribution >= 4 is 9.39 Å². The van der Waals surface area contributed by atoms with E-state index in [1.807, 2.05) is 0 Å². The third-order valence-corrected chi connectivity index (χ3v) is 2.12. The van der Waals surface area contributed by atoms with Gasteiger partial charge < -0.3 is 5.73 Å². The molecule has 1 rings (SSSR count). The Balaban J connectivity index is 2.55. The van der Waals surface area contributed by atoms with Gasteiger partial charge in [-0.1, -0.05) is 9.39 Å². The van der Waals surface area contributed by atoms with Crippen LogP contribution in [0.4, 0.5) is 8.78 Å². The fraction of sp³-hybridized carbons (Fsp3) is 1.00. The molecule has 0 radical (unpaired) electrons. The first-order chi connectivity index (χ1) is 4.52. The number of alkyl halides is 2. The molecular weight excluding hydrogens is 157 g/mol. The van der Waals surface area contributed by atoms with E-state index in [0.29, 0.717) is 13.0 Å². The van der Waals surface area contributed by atoms with Crippen molar-refractivity contribution in [2.24, 2.45) is 5.73 Å². The Morgan fingerprint density at radius 3 is 2.60 bits per heavy atom. The van der Waals surface area contributed by atoms with Crippen LogP contribution in [0, 0.1) is 0 Å². The van der Waals surface area contributed by atoms with Crippen molar-refractivity contribution in [3.05, 3.63) is 0 Å². The molecule has 0 bridgehead atoms. The van der Waals surface area contributed by atoms with E-state index in [0.717, 1.165) is 0 Å². The lowest BCUT2D eigenvalue weighted by Crippen LogP contribution is -2.52. The van der Waals surface area contributed by atoms with Gasteiger partial charge in [0.15, 0.2) is 0 Å². The van der Waals surface area contributed by atoms with Crippen LogP contribution in [-0.4, -0.2) is 29.7 Å². The van der Waals surface area contributed by atoms with Crippen LogP contribution >= 0.6 is 9.39 Å². The zero-order valence-corrected chi connectivity index (χ0v) is 6.71. The second kappa shape index (κ2) is 2.68. The molecule has 0 amide bonds. The van der Waals surface area contributed by atoms with E-state index < -0.39 is 12.0 Å². The summed E-state index contributed by atoms with van der Waals surface area (Å²) in [5.74, 6) is -2.71. The van der Waals surface area contributed by atoms with Gasteiger partial charge in [-0.15, -0.1) is 0 Å². The zero-order valence-electron chi connectivity index (χ0n) is 5.56. The van der Waals surface area contributed by atoms with Crippen LogP contribution in [0.25, 0.3) is 0 Å². The van der Waals surface area contributed by atoms with E-state index in [4.69, 9.17) is 5.73 Å². The lowest BCUT2D eigenvalue weighted by molar-refractivity contribution is -0.0585. The summed E-state index contributed by atoms with van der Waals surface area (Å²) in [6.45, 7) is 0.403. The predicted molar refractivity (Wildman–Crippen MR) is 38.8 cm³/mol. The van der Waals surface area contributed by atoms with Crippen molar-refractivity contribution in [3.8, 4) is 0 Å². The van der Waals surface area contributed by atoms with Crippen LogP contribution in [0.3, 0.4) is 0 Å². The number of nitrogens with zero attached hydrogens (tertiary/aromatic N) is 1. The van der Waals surface area contributed by atoms with E-state index in [2.05, 4.69) is 9.39 Å². The highest BCUT2D eigenvalue weighted by Crippen LogP contribution is 2.27. The van der Waals surface area contributed by atoms with Crippen LogP contribution in [-0.2, 0) is 0 Å². The van der Waals surface area contributed by atoms with Crippen molar-refractivity contribution in [3.63, 3.8) is 0 Å². The first-order valence-corrected chi connectivity index (χ1v) is 3.67. The van der Waals surface area contributed by atoms with Crippen molar-refractivity contribution < 1.29 is 8.78 Å². The average molecular weight is 168 g/mol. The minimum atomic E-state index is -2.71. The van der Waals surface area contributed by atoms with E-state index in [1.165, 1.54) is 4.67 Å². The van der Waals surface area contributed by atoms with Gasteiger partial charge in [0.2, 0.25) is 0 Å². The molecule has 2 unspecified atom stereocenters. The molecule has 60 valence electrons. The number of rotatable bonds is 0. The molecule has 2 nitrogen and oxygen atoms in total. The number of hydrogen-bond donors (Lipinski definition) is 1. The van der Waals surface area contributed by atoms with Gasteiger partial charge >= 0.3 is 0 Å². The third kappa shape index (κ3) is 1.62. The Kier molecular flexibility index (Phi) is 2.23. The number of piperidine rings is 1. The first-order valence-electron chi connectivity index (χ1n) is 3.15. The lowest BCUT2D eigenvalue weighted by Gasteiger charge is -2.33. The van der Waals surface area contributed by atoms with Crippen LogP contribution < -0.4 is 5.73 Å². The van der Waals surface area contributed by atoms with E-state index in [-0.39, 0.29) is 6.54 Å². The molecule has 1 saturated heterocycles. The molecule has 5 heteroatoms. The second-order valence-corrected chi connectivity index (χ2v) is 3.36. The molecule has 1 heterocycles. The maximum absolute atomic E-state index is 12.7. The van der Waals surface area contributed by atoms with Crippen LogP contribution in [0.15, 0.2) is 0 Å². The summed E-state index contributed by atoms with van der Waals surface area (Å²) in [5, 5.41) is 0. The molecule has 1 aliphatic heterocycles. The Morgan fingerprint density at radius 1 is 1.60 bits per heavy atom. The van der Waals surface area contributed by atoms with Crippen molar-refractivity contribution in [2.45, 2.75) is 18.4 Å². The maximum Gasteiger partial charge on any atom is 0.275 e. The Morgan fingerprint density at radius 2 is 2.20 bits per heavy atom. The van der Waals surface area contributed by atoms with Crippen LogP contribution in [0.1, 0.15) is 6.42 Å². The highest BCUT2D eigenvalue weighted by atomic mass is 31.0. The SMILES string of the molecule is NC1CCN(P)CC1(F)F. The topological polar surface area (TPSA) is 29.3 Å². The van der Waals surface area contributed by atoms with E-state index in [9.17, 15) is 8.78 Å². The largest absolute Gasteiger partial charge is 0.323 e. The molecule has 2 atom stereocenters. The minimum Gasteiger partial charge on any atom is -0.323 e. The average Bonchev–Trinajstić information content (AvgIpc) is 1.78. The molecular formula is C5H11F2N2P. The van der Waals surface area contributed by atoms with Gasteiger partial charge in [0.1, 0.15) is 0 Å². The number of halogens is 2. The molecule has 10 heavy (non-hydrogen) atoms. The van der Waals surface area contributed by atoms with Gasteiger partial charge in [-0.05, 0) is 6.42 Å². The standard InChI is InChI=1S/C5H11F2N2P/c6-5(7)3-9(10)2-1-4(5)8/h4H,1-3,8,10H2. The lowest BCUT2D eigenvalue weighted by atomic mass is 10.0. The maximum atomic E-state index is 12.7. The Labute approximate surface area is 61.0 Å². The smallest absolute Gasteiger partial charge is 0.275 e. The van der Waals surface area contributed by atoms with Gasteiger partial charge in [-0.2, -0.15) is 0 Å². The minimum absolute atomic E-state index is 0.237. The molecule has 0 spiro atoms.